The number of nitrogens with zero attached hydrogens (tertiary/aromatic N) is 1. The number of fused-ring (bicyclic) bond motifs is 2. The first-order valence-corrected chi connectivity index (χ1v) is 7.31. The highest BCUT2D eigenvalue weighted by Gasteiger charge is 2.35. The molecule has 2 bridgehead atoms. The van der Waals surface area contributed by atoms with E-state index in [1.807, 2.05) is 0 Å². The van der Waals surface area contributed by atoms with E-state index in [1.54, 1.807) is 24.3 Å². The molecule has 2 saturated heterocycles. The Morgan fingerprint density at radius 2 is 1.95 bits per heavy atom. The van der Waals surface area contributed by atoms with Crippen molar-refractivity contribution < 1.29 is 9.18 Å². The van der Waals surface area contributed by atoms with Crippen LogP contribution in [0.2, 0.25) is 0 Å². The monoisotopic (exact) mass is 273 g/mol. The van der Waals surface area contributed by atoms with Gasteiger partial charge in [0.2, 0.25) is 0 Å². The molecule has 2 nitrogen and oxygen atoms in total. The number of hydrogen-bond donors (Lipinski definition) is 0. The summed E-state index contributed by atoms with van der Waals surface area (Å²) in [5.74, 6) is -0.267. The first-order valence-electron chi connectivity index (χ1n) is 7.31. The number of hydrogen-bond acceptors (Lipinski definition) is 2. The standard InChI is InChI=1S/C17H20FNO/c1-19-14-6-7-15(19)9-12(8-14)10-16(20)11-13-4-2-3-5-17(13)18/h2-5,10,14-15H,6-9,11H2,1H3. The third-order valence-corrected chi connectivity index (χ3v) is 4.67. The summed E-state index contributed by atoms with van der Waals surface area (Å²) in [6, 6.07) is 7.71. The maximum Gasteiger partial charge on any atom is 0.160 e. The summed E-state index contributed by atoms with van der Waals surface area (Å²) >= 11 is 0. The van der Waals surface area contributed by atoms with Crippen LogP contribution in [0.25, 0.3) is 0 Å². The van der Waals surface area contributed by atoms with Gasteiger partial charge >= 0.3 is 0 Å². The lowest BCUT2D eigenvalue weighted by Crippen LogP contribution is -2.37. The Bertz CT molecular complexity index is 536. The van der Waals surface area contributed by atoms with Crippen molar-refractivity contribution in [1.82, 2.24) is 4.90 Å². The predicted octanol–water partition coefficient (Wildman–Crippen LogP) is 3.12. The highest BCUT2D eigenvalue weighted by atomic mass is 19.1. The second-order valence-corrected chi connectivity index (χ2v) is 6.00. The molecule has 20 heavy (non-hydrogen) atoms. The Morgan fingerprint density at radius 3 is 2.60 bits per heavy atom. The van der Waals surface area contributed by atoms with Crippen molar-refractivity contribution in [2.75, 3.05) is 7.05 Å². The summed E-state index contributed by atoms with van der Waals surface area (Å²) in [4.78, 5) is 14.5. The van der Waals surface area contributed by atoms with Crippen LogP contribution in [0.3, 0.4) is 0 Å². The van der Waals surface area contributed by atoms with Crippen LogP contribution in [0.5, 0.6) is 0 Å². The molecule has 2 atom stereocenters. The smallest absolute Gasteiger partial charge is 0.160 e. The molecule has 0 aromatic heterocycles. The average molecular weight is 273 g/mol. The molecule has 2 aliphatic heterocycles. The first-order chi connectivity index (χ1) is 9.63. The van der Waals surface area contributed by atoms with Gasteiger partial charge in [0.15, 0.2) is 5.78 Å². The number of ketones is 1. The van der Waals surface area contributed by atoms with Crippen LogP contribution in [-0.4, -0.2) is 29.8 Å². The number of carbonyl (C=O) groups excluding carboxylic acids is 1. The Kier molecular flexibility index (Phi) is 3.70. The Morgan fingerprint density at radius 1 is 1.30 bits per heavy atom. The molecule has 2 fully saturated rings. The van der Waals surface area contributed by atoms with Gasteiger partial charge in [-0.2, -0.15) is 0 Å². The van der Waals surface area contributed by atoms with Gasteiger partial charge in [-0.05, 0) is 50.4 Å². The molecule has 2 aliphatic rings. The minimum absolute atomic E-state index is 0.0223. The fourth-order valence-electron chi connectivity index (χ4n) is 3.50. The summed E-state index contributed by atoms with van der Waals surface area (Å²) in [5.41, 5.74) is 1.74. The summed E-state index contributed by atoms with van der Waals surface area (Å²) in [5, 5.41) is 0. The van der Waals surface area contributed by atoms with E-state index in [1.165, 1.54) is 24.5 Å². The van der Waals surface area contributed by atoms with E-state index in [0.717, 1.165) is 12.8 Å². The summed E-state index contributed by atoms with van der Waals surface area (Å²) < 4.78 is 13.5. The van der Waals surface area contributed by atoms with Crippen LogP contribution in [0.15, 0.2) is 35.9 Å². The summed E-state index contributed by atoms with van der Waals surface area (Å²) in [6.07, 6.45) is 6.40. The quantitative estimate of drug-likeness (QED) is 0.789. The molecule has 0 spiro atoms. The molecule has 3 heteroatoms. The molecular formula is C17H20FNO. The molecule has 1 aromatic carbocycles. The van der Waals surface area contributed by atoms with Crippen LogP contribution in [0.4, 0.5) is 4.39 Å². The average Bonchev–Trinajstić information content (AvgIpc) is 2.63. The molecule has 0 N–H and O–H groups in total. The number of allylic oxidation sites excluding steroid dienone is 1. The van der Waals surface area contributed by atoms with E-state index >= 15 is 0 Å². The predicted molar refractivity (Wildman–Crippen MR) is 77.0 cm³/mol. The van der Waals surface area contributed by atoms with E-state index in [9.17, 15) is 9.18 Å². The second-order valence-electron chi connectivity index (χ2n) is 6.00. The lowest BCUT2D eigenvalue weighted by molar-refractivity contribution is -0.114. The van der Waals surface area contributed by atoms with Crippen LogP contribution < -0.4 is 0 Å². The van der Waals surface area contributed by atoms with Crippen LogP contribution in [0.1, 0.15) is 31.2 Å². The zero-order valence-corrected chi connectivity index (χ0v) is 11.8. The number of benzene rings is 1. The third kappa shape index (κ3) is 2.68. The molecule has 0 radical (unpaired) electrons. The van der Waals surface area contributed by atoms with Crippen molar-refractivity contribution in [2.45, 2.75) is 44.2 Å². The lowest BCUT2D eigenvalue weighted by Gasteiger charge is -2.32. The van der Waals surface area contributed by atoms with E-state index < -0.39 is 0 Å². The van der Waals surface area contributed by atoms with Gasteiger partial charge < -0.3 is 0 Å². The largest absolute Gasteiger partial charge is 0.300 e. The SMILES string of the molecule is CN1C2CCC1CC(=CC(=O)Cc1ccccc1F)C2. The zero-order chi connectivity index (χ0) is 14.1. The summed E-state index contributed by atoms with van der Waals surface area (Å²) in [6.45, 7) is 0. The van der Waals surface area contributed by atoms with Crippen molar-refractivity contribution >= 4 is 5.78 Å². The van der Waals surface area contributed by atoms with Crippen molar-refractivity contribution in [3.05, 3.63) is 47.3 Å². The highest BCUT2D eigenvalue weighted by molar-refractivity contribution is 5.92. The van der Waals surface area contributed by atoms with Gasteiger partial charge in [0.25, 0.3) is 0 Å². The second kappa shape index (κ2) is 5.49. The van der Waals surface area contributed by atoms with E-state index in [0.29, 0.717) is 17.6 Å². The molecular weight excluding hydrogens is 253 g/mol. The van der Waals surface area contributed by atoms with Crippen molar-refractivity contribution in [3.8, 4) is 0 Å². The fourth-order valence-corrected chi connectivity index (χ4v) is 3.50. The van der Waals surface area contributed by atoms with Crippen LogP contribution >= 0.6 is 0 Å². The molecule has 3 rings (SSSR count). The van der Waals surface area contributed by atoms with E-state index in [2.05, 4.69) is 11.9 Å². The molecule has 0 amide bonds. The first kappa shape index (κ1) is 13.5. The molecule has 0 aliphatic carbocycles. The third-order valence-electron chi connectivity index (χ3n) is 4.67. The normalized spacial score (nSPS) is 25.8. The van der Waals surface area contributed by atoms with Gasteiger partial charge in [-0.3, -0.25) is 9.69 Å². The van der Waals surface area contributed by atoms with Gasteiger partial charge in [-0.1, -0.05) is 23.8 Å². The number of rotatable bonds is 3. The van der Waals surface area contributed by atoms with Gasteiger partial charge in [0.1, 0.15) is 5.82 Å². The van der Waals surface area contributed by atoms with Gasteiger partial charge in [-0.15, -0.1) is 0 Å². The van der Waals surface area contributed by atoms with E-state index in [-0.39, 0.29) is 18.0 Å². The van der Waals surface area contributed by atoms with Gasteiger partial charge in [0.05, 0.1) is 0 Å². The minimum atomic E-state index is -0.289. The van der Waals surface area contributed by atoms with Crippen molar-refractivity contribution in [2.24, 2.45) is 0 Å². The molecule has 1 aromatic rings. The van der Waals surface area contributed by atoms with E-state index in [4.69, 9.17) is 0 Å². The maximum absolute atomic E-state index is 13.5. The highest BCUT2D eigenvalue weighted by Crippen LogP contribution is 2.36. The van der Waals surface area contributed by atoms with Gasteiger partial charge in [-0.25, -0.2) is 4.39 Å². The zero-order valence-electron chi connectivity index (χ0n) is 11.8. The molecule has 0 saturated carbocycles. The van der Waals surface area contributed by atoms with Crippen LogP contribution in [-0.2, 0) is 11.2 Å². The maximum atomic E-state index is 13.5. The van der Waals surface area contributed by atoms with Crippen LogP contribution in [0, 0.1) is 5.82 Å². The van der Waals surface area contributed by atoms with Crippen molar-refractivity contribution in [3.63, 3.8) is 0 Å². The number of carbonyl (C=O) groups is 1. The fraction of sp³-hybridized carbons (Fsp3) is 0.471. The Hall–Kier alpha value is -1.48. The number of piperidine rings is 1. The van der Waals surface area contributed by atoms with Crippen molar-refractivity contribution in [1.29, 1.82) is 0 Å². The lowest BCUT2D eigenvalue weighted by atomic mass is 9.95. The minimum Gasteiger partial charge on any atom is -0.300 e. The molecule has 106 valence electrons. The molecule has 2 unspecified atom stereocenters. The summed E-state index contributed by atoms with van der Waals surface area (Å²) in [7, 11) is 2.18. The Balaban J connectivity index is 1.67. The Labute approximate surface area is 119 Å². The molecule has 2 heterocycles. The van der Waals surface area contributed by atoms with Gasteiger partial charge in [0, 0.05) is 18.5 Å². The number of halogens is 1. The topological polar surface area (TPSA) is 20.3 Å².